The fourth-order valence-electron chi connectivity index (χ4n) is 1.85. The molecule has 0 saturated heterocycles. The summed E-state index contributed by atoms with van der Waals surface area (Å²) in [4.78, 5) is 11.8. The Morgan fingerprint density at radius 1 is 1.45 bits per heavy atom. The highest BCUT2D eigenvalue weighted by atomic mass is 35.5. The van der Waals surface area contributed by atoms with Gasteiger partial charge in [-0.05, 0) is 30.7 Å². The van der Waals surface area contributed by atoms with Crippen LogP contribution in [-0.2, 0) is 13.6 Å². The first-order chi connectivity index (χ1) is 9.56. The maximum atomic E-state index is 11.8. The number of nitrogens with zero attached hydrogens (tertiary/aromatic N) is 2. The largest absolute Gasteiger partial charge is 0.333 e. The molecule has 2 aromatic rings. The van der Waals surface area contributed by atoms with Crippen LogP contribution in [0.4, 0.5) is 4.79 Å². The minimum absolute atomic E-state index is 0.111. The molecule has 0 saturated carbocycles. The molecule has 1 heterocycles. The minimum atomic E-state index is -0.223. The van der Waals surface area contributed by atoms with Crippen molar-refractivity contribution in [2.45, 2.75) is 19.5 Å². The Hall–Kier alpha value is -2.01. The summed E-state index contributed by atoms with van der Waals surface area (Å²) in [6.07, 6.45) is 1.70. The predicted molar refractivity (Wildman–Crippen MR) is 78.4 cm³/mol. The van der Waals surface area contributed by atoms with E-state index in [9.17, 15) is 4.79 Å². The standard InChI is InChI=1S/C14H17ClN4O/c1-10(11-4-3-5-12(15)8-11)18-14(20)16-9-13-6-7-17-19(13)2/h3-8,10H,9H2,1-2H3,(H2,16,18,20)/t10-/m1/s1. The molecule has 1 aromatic carbocycles. The van der Waals surface area contributed by atoms with Crippen molar-refractivity contribution >= 4 is 17.6 Å². The van der Waals surface area contributed by atoms with E-state index in [4.69, 9.17) is 11.6 Å². The maximum absolute atomic E-state index is 11.8. The third-order valence-electron chi connectivity index (χ3n) is 3.05. The zero-order valence-electron chi connectivity index (χ0n) is 11.4. The van der Waals surface area contributed by atoms with Gasteiger partial charge in [-0.3, -0.25) is 4.68 Å². The molecule has 0 aliphatic rings. The minimum Gasteiger partial charge on any atom is -0.333 e. The molecule has 0 unspecified atom stereocenters. The highest BCUT2D eigenvalue weighted by Gasteiger charge is 2.10. The molecule has 2 N–H and O–H groups in total. The fraction of sp³-hybridized carbons (Fsp3) is 0.286. The van der Waals surface area contributed by atoms with Gasteiger partial charge in [0.25, 0.3) is 0 Å². The SMILES string of the molecule is C[C@@H](NC(=O)NCc1ccnn1C)c1cccc(Cl)c1. The monoisotopic (exact) mass is 292 g/mol. The van der Waals surface area contributed by atoms with Gasteiger partial charge in [-0.1, -0.05) is 23.7 Å². The van der Waals surface area contributed by atoms with Gasteiger partial charge < -0.3 is 10.6 Å². The molecule has 5 nitrogen and oxygen atoms in total. The van der Waals surface area contributed by atoms with E-state index in [1.165, 1.54) is 0 Å². The average Bonchev–Trinajstić information content (AvgIpc) is 2.82. The zero-order valence-corrected chi connectivity index (χ0v) is 12.2. The molecule has 20 heavy (non-hydrogen) atoms. The molecule has 106 valence electrons. The van der Waals surface area contributed by atoms with Crippen LogP contribution < -0.4 is 10.6 Å². The number of benzene rings is 1. The number of halogens is 1. The lowest BCUT2D eigenvalue weighted by atomic mass is 10.1. The highest BCUT2D eigenvalue weighted by molar-refractivity contribution is 6.30. The Morgan fingerprint density at radius 2 is 2.25 bits per heavy atom. The number of rotatable bonds is 4. The summed E-state index contributed by atoms with van der Waals surface area (Å²) in [7, 11) is 1.84. The van der Waals surface area contributed by atoms with Gasteiger partial charge in [-0.25, -0.2) is 4.79 Å². The van der Waals surface area contributed by atoms with E-state index in [1.54, 1.807) is 16.9 Å². The molecular formula is C14H17ClN4O. The quantitative estimate of drug-likeness (QED) is 0.910. The molecule has 1 atom stereocenters. The molecule has 2 amide bonds. The molecule has 0 spiro atoms. The summed E-state index contributed by atoms with van der Waals surface area (Å²) < 4.78 is 1.72. The van der Waals surface area contributed by atoms with E-state index in [0.717, 1.165) is 11.3 Å². The summed E-state index contributed by atoms with van der Waals surface area (Å²) in [5, 5.41) is 10.4. The van der Waals surface area contributed by atoms with Crippen LogP contribution >= 0.6 is 11.6 Å². The van der Waals surface area contributed by atoms with E-state index in [2.05, 4.69) is 15.7 Å². The summed E-state index contributed by atoms with van der Waals surface area (Å²) in [5.41, 5.74) is 1.91. The van der Waals surface area contributed by atoms with Crippen LogP contribution in [0.1, 0.15) is 24.2 Å². The number of amides is 2. The molecule has 1 aromatic heterocycles. The van der Waals surface area contributed by atoms with Crippen molar-refractivity contribution in [2.24, 2.45) is 7.05 Å². The van der Waals surface area contributed by atoms with Gasteiger partial charge in [-0.15, -0.1) is 0 Å². The molecule has 0 aliphatic heterocycles. The summed E-state index contributed by atoms with van der Waals surface area (Å²) >= 11 is 5.93. The number of hydrogen-bond donors (Lipinski definition) is 2. The number of carbonyl (C=O) groups is 1. The van der Waals surface area contributed by atoms with Crippen LogP contribution in [0.2, 0.25) is 5.02 Å². The molecular weight excluding hydrogens is 276 g/mol. The van der Waals surface area contributed by atoms with Crippen molar-refractivity contribution in [3.8, 4) is 0 Å². The summed E-state index contributed by atoms with van der Waals surface area (Å²) in [6.45, 7) is 2.35. The van der Waals surface area contributed by atoms with Crippen LogP contribution in [0.25, 0.3) is 0 Å². The molecule has 0 aliphatic carbocycles. The number of urea groups is 1. The fourth-order valence-corrected chi connectivity index (χ4v) is 2.05. The number of aryl methyl sites for hydroxylation is 1. The van der Waals surface area contributed by atoms with Crippen LogP contribution in [0.5, 0.6) is 0 Å². The van der Waals surface area contributed by atoms with Crippen molar-refractivity contribution in [1.29, 1.82) is 0 Å². The van der Waals surface area contributed by atoms with Gasteiger partial charge in [0.15, 0.2) is 0 Å². The molecule has 0 bridgehead atoms. The third kappa shape index (κ3) is 3.74. The second-order valence-corrected chi connectivity index (χ2v) is 4.99. The molecule has 0 fully saturated rings. The molecule has 0 radical (unpaired) electrons. The van der Waals surface area contributed by atoms with Gasteiger partial charge in [0.2, 0.25) is 0 Å². The lowest BCUT2D eigenvalue weighted by molar-refractivity contribution is 0.237. The van der Waals surface area contributed by atoms with E-state index >= 15 is 0 Å². The maximum Gasteiger partial charge on any atom is 0.315 e. The van der Waals surface area contributed by atoms with Crippen molar-refractivity contribution in [3.63, 3.8) is 0 Å². The van der Waals surface area contributed by atoms with E-state index in [1.807, 2.05) is 38.2 Å². The van der Waals surface area contributed by atoms with Gasteiger partial charge >= 0.3 is 6.03 Å². The van der Waals surface area contributed by atoms with E-state index < -0.39 is 0 Å². The van der Waals surface area contributed by atoms with E-state index in [-0.39, 0.29) is 12.1 Å². The Labute approximate surface area is 122 Å². The van der Waals surface area contributed by atoms with E-state index in [0.29, 0.717) is 11.6 Å². The Morgan fingerprint density at radius 3 is 2.90 bits per heavy atom. The predicted octanol–water partition coefficient (Wildman–Crippen LogP) is 2.63. The smallest absolute Gasteiger partial charge is 0.315 e. The Balaban J connectivity index is 1.87. The number of nitrogens with one attached hydrogen (secondary N) is 2. The second kappa shape index (κ2) is 6.43. The molecule has 2 rings (SSSR count). The van der Waals surface area contributed by atoms with Crippen molar-refractivity contribution in [2.75, 3.05) is 0 Å². The first kappa shape index (κ1) is 14.4. The average molecular weight is 293 g/mol. The van der Waals surface area contributed by atoms with Crippen LogP contribution in [-0.4, -0.2) is 15.8 Å². The second-order valence-electron chi connectivity index (χ2n) is 4.55. The van der Waals surface area contributed by atoms with Crippen LogP contribution in [0.3, 0.4) is 0 Å². The van der Waals surface area contributed by atoms with Crippen LogP contribution in [0.15, 0.2) is 36.5 Å². The third-order valence-corrected chi connectivity index (χ3v) is 3.28. The summed E-state index contributed by atoms with van der Waals surface area (Å²) in [5.74, 6) is 0. The number of carbonyl (C=O) groups excluding carboxylic acids is 1. The van der Waals surface area contributed by atoms with Gasteiger partial charge in [0, 0.05) is 18.3 Å². The number of hydrogen-bond acceptors (Lipinski definition) is 2. The number of aromatic nitrogens is 2. The lowest BCUT2D eigenvalue weighted by Crippen LogP contribution is -2.37. The summed E-state index contributed by atoms with van der Waals surface area (Å²) in [6, 6.07) is 8.97. The Kier molecular flexibility index (Phi) is 4.63. The molecule has 6 heteroatoms. The highest BCUT2D eigenvalue weighted by Crippen LogP contribution is 2.17. The van der Waals surface area contributed by atoms with Crippen molar-refractivity contribution < 1.29 is 4.79 Å². The van der Waals surface area contributed by atoms with Crippen molar-refractivity contribution in [1.82, 2.24) is 20.4 Å². The first-order valence-corrected chi connectivity index (χ1v) is 6.71. The zero-order chi connectivity index (χ0) is 14.5. The Bertz CT molecular complexity index is 596. The topological polar surface area (TPSA) is 59.0 Å². The van der Waals surface area contributed by atoms with Gasteiger partial charge in [0.1, 0.15) is 0 Å². The van der Waals surface area contributed by atoms with Crippen LogP contribution in [0, 0.1) is 0 Å². The normalized spacial score (nSPS) is 11.9. The first-order valence-electron chi connectivity index (χ1n) is 6.33. The van der Waals surface area contributed by atoms with Gasteiger partial charge in [0.05, 0.1) is 18.3 Å². The van der Waals surface area contributed by atoms with Gasteiger partial charge in [-0.2, -0.15) is 5.10 Å². The lowest BCUT2D eigenvalue weighted by Gasteiger charge is -2.15. The van der Waals surface area contributed by atoms with Crippen molar-refractivity contribution in [3.05, 3.63) is 52.8 Å².